The molecule has 9 heteroatoms. The number of aliphatic hydroxyl groups is 5. The van der Waals surface area contributed by atoms with E-state index in [0.717, 1.165) is 9.80 Å². The zero-order valence-corrected chi connectivity index (χ0v) is 9.94. The first kappa shape index (κ1) is 15.1. The minimum atomic E-state index is -1.32. The van der Waals surface area contributed by atoms with Gasteiger partial charge in [0.15, 0.2) is 0 Å². The summed E-state index contributed by atoms with van der Waals surface area (Å²) >= 11 is 0. The summed E-state index contributed by atoms with van der Waals surface area (Å²) in [5.41, 5.74) is -1.32. The fourth-order valence-corrected chi connectivity index (χ4v) is 1.74. The quantitative estimate of drug-likeness (QED) is 0.338. The maximum absolute atomic E-state index is 11.6. The van der Waals surface area contributed by atoms with Gasteiger partial charge in [-0.05, 0) is 0 Å². The molecule has 0 aliphatic carbocycles. The zero-order valence-electron chi connectivity index (χ0n) is 9.94. The van der Waals surface area contributed by atoms with Crippen molar-refractivity contribution < 1.29 is 30.3 Å². The van der Waals surface area contributed by atoms with Crippen LogP contribution in [0.3, 0.4) is 0 Å². The lowest BCUT2D eigenvalue weighted by molar-refractivity contribution is -0.117. The smallest absolute Gasteiger partial charge is 0.325 e. The van der Waals surface area contributed by atoms with Gasteiger partial charge in [0.2, 0.25) is 0 Å². The van der Waals surface area contributed by atoms with Crippen LogP contribution in [0.25, 0.3) is 0 Å². The van der Waals surface area contributed by atoms with Gasteiger partial charge < -0.3 is 25.5 Å². The third kappa shape index (κ3) is 2.55. The highest BCUT2D eigenvalue weighted by molar-refractivity contribution is 5.74. The predicted molar refractivity (Wildman–Crippen MR) is 58.8 cm³/mol. The molecule has 1 aliphatic rings. The highest BCUT2D eigenvalue weighted by atomic mass is 16.3. The summed E-state index contributed by atoms with van der Waals surface area (Å²) in [6, 6.07) is -0.557. The van der Waals surface area contributed by atoms with Crippen LogP contribution in [-0.4, -0.2) is 98.4 Å². The maximum Gasteiger partial charge on any atom is 0.325 e. The SMILES string of the molecule is O=C1N(CO)CN(C(CO)(CO)CO)CN1CO. The molecule has 1 fully saturated rings. The van der Waals surface area contributed by atoms with Gasteiger partial charge in [-0.3, -0.25) is 14.7 Å². The first-order chi connectivity index (χ1) is 8.58. The second-order valence-electron chi connectivity index (χ2n) is 4.17. The van der Waals surface area contributed by atoms with Gasteiger partial charge in [-0.2, -0.15) is 0 Å². The molecule has 0 aromatic heterocycles. The van der Waals surface area contributed by atoms with Crippen LogP contribution >= 0.6 is 0 Å². The van der Waals surface area contributed by atoms with E-state index in [1.165, 1.54) is 4.90 Å². The molecule has 0 spiro atoms. The average molecular weight is 265 g/mol. The summed E-state index contributed by atoms with van der Waals surface area (Å²) in [6.45, 7) is -2.82. The fraction of sp³-hybridized carbons (Fsp3) is 0.889. The number of hydrogen-bond donors (Lipinski definition) is 5. The van der Waals surface area contributed by atoms with Crippen molar-refractivity contribution in [1.82, 2.24) is 14.7 Å². The van der Waals surface area contributed by atoms with Gasteiger partial charge in [0, 0.05) is 0 Å². The first-order valence-electron chi connectivity index (χ1n) is 5.41. The molecule has 0 saturated carbocycles. The number of hydrogen-bond acceptors (Lipinski definition) is 7. The third-order valence-electron chi connectivity index (χ3n) is 3.12. The Labute approximate surface area is 104 Å². The van der Waals surface area contributed by atoms with Gasteiger partial charge in [-0.15, -0.1) is 0 Å². The number of urea groups is 1. The van der Waals surface area contributed by atoms with E-state index in [-0.39, 0.29) is 13.3 Å². The Balaban J connectivity index is 2.92. The molecule has 0 radical (unpaired) electrons. The molecule has 0 unspecified atom stereocenters. The minimum Gasteiger partial charge on any atom is -0.394 e. The highest BCUT2D eigenvalue weighted by Gasteiger charge is 2.41. The van der Waals surface area contributed by atoms with Gasteiger partial charge in [-0.25, -0.2) is 4.79 Å². The van der Waals surface area contributed by atoms with Crippen molar-refractivity contribution in [3.63, 3.8) is 0 Å². The summed E-state index contributed by atoms with van der Waals surface area (Å²) in [7, 11) is 0. The number of nitrogens with zero attached hydrogens (tertiary/aromatic N) is 3. The first-order valence-corrected chi connectivity index (χ1v) is 5.41. The van der Waals surface area contributed by atoms with Crippen molar-refractivity contribution in [3.05, 3.63) is 0 Å². The number of carbonyl (C=O) groups excluding carboxylic acids is 1. The molecule has 18 heavy (non-hydrogen) atoms. The van der Waals surface area contributed by atoms with Crippen molar-refractivity contribution >= 4 is 6.03 Å². The van der Waals surface area contributed by atoms with Gasteiger partial charge in [-0.1, -0.05) is 0 Å². The van der Waals surface area contributed by atoms with E-state index in [1.807, 2.05) is 0 Å². The van der Waals surface area contributed by atoms with Gasteiger partial charge >= 0.3 is 6.03 Å². The van der Waals surface area contributed by atoms with Gasteiger partial charge in [0.1, 0.15) is 13.5 Å². The molecule has 2 amide bonds. The lowest BCUT2D eigenvalue weighted by atomic mass is 10.0. The van der Waals surface area contributed by atoms with Crippen molar-refractivity contribution in [2.75, 3.05) is 46.6 Å². The number of amides is 2. The van der Waals surface area contributed by atoms with E-state index in [2.05, 4.69) is 0 Å². The molecular weight excluding hydrogens is 246 g/mol. The third-order valence-corrected chi connectivity index (χ3v) is 3.12. The summed E-state index contributed by atoms with van der Waals surface area (Å²) in [4.78, 5) is 15.1. The van der Waals surface area contributed by atoms with Crippen LogP contribution in [0.5, 0.6) is 0 Å². The van der Waals surface area contributed by atoms with E-state index in [0.29, 0.717) is 0 Å². The van der Waals surface area contributed by atoms with Gasteiger partial charge in [0.05, 0.1) is 38.7 Å². The van der Waals surface area contributed by atoms with Crippen LogP contribution < -0.4 is 0 Å². The lowest BCUT2D eigenvalue weighted by Gasteiger charge is -2.48. The van der Waals surface area contributed by atoms with Crippen LogP contribution in [-0.2, 0) is 0 Å². The summed E-state index contributed by atoms with van der Waals surface area (Å²) in [5.74, 6) is 0. The topological polar surface area (TPSA) is 128 Å². The van der Waals surface area contributed by atoms with Crippen molar-refractivity contribution in [3.8, 4) is 0 Å². The van der Waals surface area contributed by atoms with Crippen molar-refractivity contribution in [2.24, 2.45) is 0 Å². The molecule has 0 bridgehead atoms. The van der Waals surface area contributed by atoms with Crippen LogP contribution in [0.2, 0.25) is 0 Å². The monoisotopic (exact) mass is 265 g/mol. The van der Waals surface area contributed by atoms with E-state index < -0.39 is 44.9 Å². The van der Waals surface area contributed by atoms with Crippen LogP contribution in [0.15, 0.2) is 0 Å². The summed E-state index contributed by atoms with van der Waals surface area (Å²) < 4.78 is 0. The van der Waals surface area contributed by atoms with Crippen molar-refractivity contribution in [1.29, 1.82) is 0 Å². The molecule has 0 aromatic rings. The fourth-order valence-electron chi connectivity index (χ4n) is 1.74. The standard InChI is InChI=1S/C9H19N3O6/c13-1-9(2-14,3-15)12-4-10(6-16)8(18)11(5-12)7-17/h13-17H,1-7H2. The number of rotatable bonds is 6. The molecule has 9 nitrogen and oxygen atoms in total. The molecule has 0 aromatic carbocycles. The zero-order chi connectivity index (χ0) is 13.8. The van der Waals surface area contributed by atoms with E-state index >= 15 is 0 Å². The lowest BCUT2D eigenvalue weighted by Crippen LogP contribution is -2.68. The second-order valence-corrected chi connectivity index (χ2v) is 4.17. The Hall–Kier alpha value is -0.970. The van der Waals surface area contributed by atoms with E-state index in [4.69, 9.17) is 10.2 Å². The summed E-state index contributed by atoms with van der Waals surface area (Å²) in [6.07, 6.45) is 0. The predicted octanol–water partition coefficient (Wildman–Crippen LogP) is -3.44. The molecule has 106 valence electrons. The second kappa shape index (κ2) is 6.27. The van der Waals surface area contributed by atoms with Crippen LogP contribution in [0.1, 0.15) is 0 Å². The molecule has 1 aliphatic heterocycles. The number of aliphatic hydroxyl groups excluding tert-OH is 5. The Morgan fingerprint density at radius 1 is 0.889 bits per heavy atom. The Kier molecular flexibility index (Phi) is 5.26. The molecule has 0 atom stereocenters. The van der Waals surface area contributed by atoms with Gasteiger partial charge in [0.25, 0.3) is 0 Å². The molecule has 1 saturated heterocycles. The Morgan fingerprint density at radius 3 is 1.56 bits per heavy atom. The summed E-state index contributed by atoms with van der Waals surface area (Å²) in [5, 5.41) is 46.0. The number of carbonyl (C=O) groups is 1. The largest absolute Gasteiger partial charge is 0.394 e. The molecule has 5 N–H and O–H groups in total. The molecule has 1 rings (SSSR count). The van der Waals surface area contributed by atoms with E-state index in [1.54, 1.807) is 0 Å². The highest BCUT2D eigenvalue weighted by Crippen LogP contribution is 2.20. The Morgan fingerprint density at radius 2 is 1.28 bits per heavy atom. The van der Waals surface area contributed by atoms with Crippen LogP contribution in [0, 0.1) is 0 Å². The average Bonchev–Trinajstić information content (AvgIpc) is 2.42. The minimum absolute atomic E-state index is 0.0620. The molecule has 1 heterocycles. The maximum atomic E-state index is 11.6. The van der Waals surface area contributed by atoms with Crippen molar-refractivity contribution in [2.45, 2.75) is 5.54 Å². The normalized spacial score (nSPS) is 18.6. The Bertz CT molecular complexity index is 261. The van der Waals surface area contributed by atoms with E-state index in [9.17, 15) is 20.1 Å². The molecular formula is C9H19N3O6. The van der Waals surface area contributed by atoms with Crippen LogP contribution in [0.4, 0.5) is 4.79 Å².